The standard InChI is InChI=1S/C43H29N3O/c1-2-11-28(12-3-1)45-23-24-47-42-27-38-37(26-41(42)45)31-14-5-4-13-30(31)36-25-29(20-21-32(36)35-17-10-22-44-43(35)38)46-39-18-8-6-15-33(39)34-16-7-9-19-40(34)46/h1-22,25-27H,23-24H2. The third-order valence-electron chi connectivity index (χ3n) is 9.73. The fourth-order valence-electron chi connectivity index (χ4n) is 7.68. The highest BCUT2D eigenvalue weighted by molar-refractivity contribution is 6.10. The number of aromatic nitrogens is 2. The molecule has 8 aromatic rings. The normalized spacial score (nSPS) is 13.1. The summed E-state index contributed by atoms with van der Waals surface area (Å²) in [5, 5.41) is 2.52. The lowest BCUT2D eigenvalue weighted by atomic mass is 9.82. The smallest absolute Gasteiger partial charge is 0.143 e. The Morgan fingerprint density at radius 1 is 0.489 bits per heavy atom. The van der Waals surface area contributed by atoms with E-state index < -0.39 is 0 Å². The van der Waals surface area contributed by atoms with Crippen LogP contribution >= 0.6 is 0 Å². The first-order chi connectivity index (χ1) is 23.3. The molecule has 222 valence electrons. The Bertz CT molecular complexity index is 2460. The maximum Gasteiger partial charge on any atom is 0.143 e. The maximum absolute atomic E-state index is 6.34. The molecule has 0 saturated heterocycles. The molecule has 0 spiro atoms. The summed E-state index contributed by atoms with van der Waals surface area (Å²) < 4.78 is 8.74. The van der Waals surface area contributed by atoms with Crippen molar-refractivity contribution in [2.24, 2.45) is 0 Å². The first kappa shape index (κ1) is 26.1. The van der Waals surface area contributed by atoms with Crippen LogP contribution < -0.4 is 9.64 Å². The van der Waals surface area contributed by atoms with Gasteiger partial charge in [-0.2, -0.15) is 0 Å². The number of rotatable bonds is 2. The molecule has 2 aromatic heterocycles. The van der Waals surface area contributed by atoms with Crippen LogP contribution in [0.25, 0.3) is 72.1 Å². The molecular weight excluding hydrogens is 574 g/mol. The highest BCUT2D eigenvalue weighted by atomic mass is 16.5. The van der Waals surface area contributed by atoms with Crippen LogP contribution in [0.4, 0.5) is 11.4 Å². The number of para-hydroxylation sites is 3. The van der Waals surface area contributed by atoms with Gasteiger partial charge in [-0.1, -0.05) is 91.0 Å². The Hall–Kier alpha value is -6.13. The lowest BCUT2D eigenvalue weighted by Gasteiger charge is -2.33. The Kier molecular flexibility index (Phi) is 5.67. The molecular formula is C43H29N3O. The number of hydrogen-bond donors (Lipinski definition) is 0. The number of anilines is 2. The van der Waals surface area contributed by atoms with Crippen LogP contribution in [0.1, 0.15) is 0 Å². The SMILES string of the molecule is c1ccc(N2CCOc3cc4c(cc32)-c2ccccc2-c2cc(-n3c5ccccc5c5ccccc53)ccc2-c2cccnc2-4)cc1. The lowest BCUT2D eigenvalue weighted by Crippen LogP contribution is -2.28. The zero-order valence-corrected chi connectivity index (χ0v) is 25.6. The van der Waals surface area contributed by atoms with Crippen LogP contribution in [0, 0.1) is 0 Å². The molecule has 1 aliphatic heterocycles. The van der Waals surface area contributed by atoms with Crippen molar-refractivity contribution in [2.75, 3.05) is 18.1 Å². The van der Waals surface area contributed by atoms with Gasteiger partial charge in [0.05, 0.1) is 29.0 Å². The zero-order chi connectivity index (χ0) is 30.9. The van der Waals surface area contributed by atoms with Crippen LogP contribution in [-0.2, 0) is 0 Å². The number of benzene rings is 6. The molecule has 0 atom stereocenters. The minimum Gasteiger partial charge on any atom is -0.490 e. The van der Waals surface area contributed by atoms with E-state index in [0.29, 0.717) is 6.61 Å². The van der Waals surface area contributed by atoms with Gasteiger partial charge in [-0.15, -0.1) is 0 Å². The van der Waals surface area contributed by atoms with Crippen molar-refractivity contribution in [3.63, 3.8) is 0 Å². The van der Waals surface area contributed by atoms with E-state index in [0.717, 1.165) is 51.7 Å². The molecule has 10 rings (SSSR count). The predicted octanol–water partition coefficient (Wildman–Crippen LogP) is 10.7. The van der Waals surface area contributed by atoms with Gasteiger partial charge in [-0.05, 0) is 82.4 Å². The molecule has 0 saturated carbocycles. The van der Waals surface area contributed by atoms with Gasteiger partial charge >= 0.3 is 0 Å². The molecule has 47 heavy (non-hydrogen) atoms. The number of pyridine rings is 1. The Morgan fingerprint density at radius 3 is 1.89 bits per heavy atom. The van der Waals surface area contributed by atoms with Crippen molar-refractivity contribution < 1.29 is 4.74 Å². The van der Waals surface area contributed by atoms with Crippen molar-refractivity contribution in [3.8, 4) is 56.1 Å². The highest BCUT2D eigenvalue weighted by Gasteiger charge is 2.28. The second-order valence-electron chi connectivity index (χ2n) is 12.2. The summed E-state index contributed by atoms with van der Waals surface area (Å²) in [7, 11) is 0. The van der Waals surface area contributed by atoms with Crippen LogP contribution in [0.5, 0.6) is 5.75 Å². The first-order valence-electron chi connectivity index (χ1n) is 16.1. The third-order valence-corrected chi connectivity index (χ3v) is 9.73. The highest BCUT2D eigenvalue weighted by Crippen LogP contribution is 2.51. The van der Waals surface area contributed by atoms with Gasteiger partial charge in [0.1, 0.15) is 12.4 Å². The van der Waals surface area contributed by atoms with E-state index in [4.69, 9.17) is 9.72 Å². The molecule has 0 radical (unpaired) electrons. The molecule has 2 aliphatic rings. The van der Waals surface area contributed by atoms with Crippen molar-refractivity contribution in [3.05, 3.63) is 152 Å². The Labute approximate surface area is 272 Å². The number of hydrogen-bond acceptors (Lipinski definition) is 3. The van der Waals surface area contributed by atoms with Crippen molar-refractivity contribution in [2.45, 2.75) is 0 Å². The molecule has 0 bridgehead atoms. The first-order valence-corrected chi connectivity index (χ1v) is 16.1. The second kappa shape index (κ2) is 10.2. The van der Waals surface area contributed by atoms with Crippen LogP contribution in [-0.4, -0.2) is 22.7 Å². The zero-order valence-electron chi connectivity index (χ0n) is 25.6. The molecule has 1 aliphatic carbocycles. The molecule has 0 amide bonds. The Balaban J connectivity index is 1.26. The quantitative estimate of drug-likeness (QED) is 0.197. The van der Waals surface area contributed by atoms with Crippen LogP contribution in [0.15, 0.2) is 152 Å². The van der Waals surface area contributed by atoms with Crippen molar-refractivity contribution >= 4 is 33.2 Å². The van der Waals surface area contributed by atoms with E-state index in [1.807, 2.05) is 12.3 Å². The van der Waals surface area contributed by atoms with Gasteiger partial charge in [0.2, 0.25) is 0 Å². The second-order valence-corrected chi connectivity index (χ2v) is 12.2. The largest absolute Gasteiger partial charge is 0.490 e. The van der Waals surface area contributed by atoms with Crippen molar-refractivity contribution in [1.82, 2.24) is 9.55 Å². The number of fused-ring (bicyclic) bond motifs is 12. The maximum atomic E-state index is 6.34. The van der Waals surface area contributed by atoms with Gasteiger partial charge in [-0.25, -0.2) is 0 Å². The topological polar surface area (TPSA) is 30.3 Å². The van der Waals surface area contributed by atoms with E-state index in [-0.39, 0.29) is 0 Å². The lowest BCUT2D eigenvalue weighted by molar-refractivity contribution is 0.314. The van der Waals surface area contributed by atoms with E-state index in [9.17, 15) is 0 Å². The van der Waals surface area contributed by atoms with Crippen LogP contribution in [0.3, 0.4) is 0 Å². The molecule has 4 nitrogen and oxygen atoms in total. The average molecular weight is 604 g/mol. The summed E-state index contributed by atoms with van der Waals surface area (Å²) >= 11 is 0. The monoisotopic (exact) mass is 603 g/mol. The van der Waals surface area contributed by atoms with Gasteiger partial charge in [0.15, 0.2) is 0 Å². The minimum absolute atomic E-state index is 0.626. The van der Waals surface area contributed by atoms with E-state index in [2.05, 4.69) is 149 Å². The van der Waals surface area contributed by atoms with E-state index in [1.54, 1.807) is 0 Å². The van der Waals surface area contributed by atoms with Gasteiger partial charge in [0, 0.05) is 39.5 Å². The predicted molar refractivity (Wildman–Crippen MR) is 193 cm³/mol. The molecule has 0 N–H and O–H groups in total. The minimum atomic E-state index is 0.626. The molecule has 6 aromatic carbocycles. The summed E-state index contributed by atoms with van der Waals surface area (Å²) in [6, 6.07) is 52.5. The van der Waals surface area contributed by atoms with E-state index >= 15 is 0 Å². The summed E-state index contributed by atoms with van der Waals surface area (Å²) in [5.41, 5.74) is 14.8. The molecule has 3 heterocycles. The fraction of sp³-hybridized carbons (Fsp3) is 0.0465. The summed E-state index contributed by atoms with van der Waals surface area (Å²) in [5.74, 6) is 0.885. The third kappa shape index (κ3) is 3.91. The van der Waals surface area contributed by atoms with Crippen LogP contribution in [0.2, 0.25) is 0 Å². The van der Waals surface area contributed by atoms with Gasteiger partial charge in [-0.3, -0.25) is 4.98 Å². The van der Waals surface area contributed by atoms with Gasteiger partial charge in [0.25, 0.3) is 0 Å². The summed E-state index contributed by atoms with van der Waals surface area (Å²) in [4.78, 5) is 7.41. The Morgan fingerprint density at radius 2 is 1.13 bits per heavy atom. The molecule has 0 unspecified atom stereocenters. The number of nitrogens with zero attached hydrogens (tertiary/aromatic N) is 3. The average Bonchev–Trinajstić information content (AvgIpc) is 3.48. The number of ether oxygens (including phenoxy) is 1. The summed E-state index contributed by atoms with van der Waals surface area (Å²) in [6.45, 7) is 1.41. The van der Waals surface area contributed by atoms with E-state index in [1.165, 1.54) is 44.1 Å². The molecule has 0 fully saturated rings. The summed E-state index contributed by atoms with van der Waals surface area (Å²) in [6.07, 6.45) is 1.90. The van der Waals surface area contributed by atoms with Crippen molar-refractivity contribution in [1.29, 1.82) is 0 Å². The van der Waals surface area contributed by atoms with Gasteiger partial charge < -0.3 is 14.2 Å². The fourth-order valence-corrected chi connectivity index (χ4v) is 7.68. The molecule has 4 heteroatoms.